The third kappa shape index (κ3) is 2.30. The maximum absolute atomic E-state index is 8.89. The minimum Gasteiger partial charge on any atom is -0.394 e. The van der Waals surface area contributed by atoms with Crippen molar-refractivity contribution in [2.75, 3.05) is 6.61 Å². The molecule has 0 radical (unpaired) electrons. The first-order valence-corrected chi connectivity index (χ1v) is 6.90. The van der Waals surface area contributed by atoms with Gasteiger partial charge in [-0.05, 0) is 25.7 Å². The Labute approximate surface area is 108 Å². The number of fused-ring (bicyclic) bond motifs is 2. The SMILES string of the molecule is NC1CC2CCC(C1)N2Cc1cnn(CCO)c1. The first-order valence-electron chi connectivity index (χ1n) is 6.90. The highest BCUT2D eigenvalue weighted by Gasteiger charge is 2.39. The van der Waals surface area contributed by atoms with Crippen molar-refractivity contribution in [1.29, 1.82) is 0 Å². The van der Waals surface area contributed by atoms with Crippen LogP contribution in [-0.4, -0.2) is 44.5 Å². The average molecular weight is 250 g/mol. The van der Waals surface area contributed by atoms with E-state index in [2.05, 4.69) is 10.00 Å². The zero-order valence-corrected chi connectivity index (χ0v) is 10.7. The number of nitrogens with two attached hydrogens (primary N) is 1. The summed E-state index contributed by atoms with van der Waals surface area (Å²) in [6.45, 7) is 1.70. The van der Waals surface area contributed by atoms with Crippen LogP contribution in [0.4, 0.5) is 0 Å². The van der Waals surface area contributed by atoms with Crippen LogP contribution in [0.3, 0.4) is 0 Å². The molecule has 2 atom stereocenters. The van der Waals surface area contributed by atoms with Crippen LogP contribution < -0.4 is 5.73 Å². The van der Waals surface area contributed by atoms with Crippen LogP contribution in [0.5, 0.6) is 0 Å². The molecule has 0 aromatic carbocycles. The maximum atomic E-state index is 8.89. The van der Waals surface area contributed by atoms with Crippen molar-refractivity contribution in [2.45, 2.75) is 56.9 Å². The molecule has 3 heterocycles. The normalized spacial score (nSPS) is 32.0. The molecule has 2 bridgehead atoms. The molecule has 0 amide bonds. The van der Waals surface area contributed by atoms with Crippen LogP contribution in [0.2, 0.25) is 0 Å². The minimum absolute atomic E-state index is 0.144. The Morgan fingerprint density at radius 1 is 1.33 bits per heavy atom. The van der Waals surface area contributed by atoms with Gasteiger partial charge < -0.3 is 10.8 Å². The lowest BCUT2D eigenvalue weighted by Crippen LogP contribution is -2.46. The first kappa shape index (κ1) is 12.1. The molecule has 2 aliphatic heterocycles. The fourth-order valence-corrected chi connectivity index (χ4v) is 3.50. The molecule has 0 spiro atoms. The molecule has 2 saturated heterocycles. The average Bonchev–Trinajstić information content (AvgIpc) is 2.85. The number of hydrogen-bond donors (Lipinski definition) is 2. The van der Waals surface area contributed by atoms with Gasteiger partial charge in [0.1, 0.15) is 0 Å². The summed E-state index contributed by atoms with van der Waals surface area (Å²) in [6.07, 6.45) is 8.84. The predicted octanol–water partition coefficient (Wildman–Crippen LogP) is 0.329. The quantitative estimate of drug-likeness (QED) is 0.808. The molecule has 5 nitrogen and oxygen atoms in total. The van der Waals surface area contributed by atoms with Crippen molar-refractivity contribution in [3.63, 3.8) is 0 Å². The summed E-state index contributed by atoms with van der Waals surface area (Å²) in [5, 5.41) is 13.2. The van der Waals surface area contributed by atoms with Gasteiger partial charge >= 0.3 is 0 Å². The fourth-order valence-electron chi connectivity index (χ4n) is 3.50. The van der Waals surface area contributed by atoms with E-state index in [-0.39, 0.29) is 6.61 Å². The van der Waals surface area contributed by atoms with Crippen molar-refractivity contribution in [2.24, 2.45) is 5.73 Å². The van der Waals surface area contributed by atoms with Gasteiger partial charge in [0, 0.05) is 36.4 Å². The van der Waals surface area contributed by atoms with Crippen molar-refractivity contribution >= 4 is 0 Å². The lowest BCUT2D eigenvalue weighted by molar-refractivity contribution is 0.120. The summed E-state index contributed by atoms with van der Waals surface area (Å²) < 4.78 is 1.81. The number of hydrogen-bond acceptors (Lipinski definition) is 4. The topological polar surface area (TPSA) is 67.3 Å². The van der Waals surface area contributed by atoms with Gasteiger partial charge in [0.05, 0.1) is 19.3 Å². The second kappa shape index (κ2) is 4.99. The second-order valence-electron chi connectivity index (χ2n) is 5.62. The summed E-state index contributed by atoms with van der Waals surface area (Å²) in [5.41, 5.74) is 7.33. The van der Waals surface area contributed by atoms with Gasteiger partial charge in [-0.1, -0.05) is 0 Å². The molecule has 1 aromatic rings. The smallest absolute Gasteiger partial charge is 0.0640 e. The van der Waals surface area contributed by atoms with Crippen molar-refractivity contribution in [3.05, 3.63) is 18.0 Å². The van der Waals surface area contributed by atoms with Crippen LogP contribution in [0.25, 0.3) is 0 Å². The number of aliphatic hydroxyl groups is 1. The lowest BCUT2D eigenvalue weighted by atomic mass is 9.98. The van der Waals surface area contributed by atoms with E-state index in [9.17, 15) is 0 Å². The standard InChI is InChI=1S/C13H22N4O/c14-11-5-12-1-2-13(6-11)17(12)9-10-7-15-16(8-10)3-4-18/h7-8,11-13,18H,1-6,9,14H2. The second-order valence-corrected chi connectivity index (χ2v) is 5.62. The Morgan fingerprint density at radius 2 is 2.06 bits per heavy atom. The van der Waals surface area contributed by atoms with Crippen LogP contribution in [0, 0.1) is 0 Å². The Kier molecular flexibility index (Phi) is 3.37. The molecule has 0 saturated carbocycles. The van der Waals surface area contributed by atoms with E-state index in [4.69, 9.17) is 10.8 Å². The van der Waals surface area contributed by atoms with Gasteiger partial charge in [-0.2, -0.15) is 5.10 Å². The van der Waals surface area contributed by atoms with E-state index >= 15 is 0 Å². The summed E-state index contributed by atoms with van der Waals surface area (Å²) in [7, 11) is 0. The van der Waals surface area contributed by atoms with E-state index in [1.165, 1.54) is 18.4 Å². The van der Waals surface area contributed by atoms with E-state index in [1.807, 2.05) is 17.1 Å². The van der Waals surface area contributed by atoms with Gasteiger partial charge in [-0.15, -0.1) is 0 Å². The minimum atomic E-state index is 0.144. The zero-order chi connectivity index (χ0) is 12.5. The van der Waals surface area contributed by atoms with E-state index < -0.39 is 0 Å². The molecule has 2 unspecified atom stereocenters. The highest BCUT2D eigenvalue weighted by Crippen LogP contribution is 2.36. The lowest BCUT2D eigenvalue weighted by Gasteiger charge is -2.37. The molecule has 2 aliphatic rings. The summed E-state index contributed by atoms with van der Waals surface area (Å²) in [4.78, 5) is 2.60. The number of aromatic nitrogens is 2. The molecule has 100 valence electrons. The summed E-state index contributed by atoms with van der Waals surface area (Å²) in [5.74, 6) is 0. The third-order valence-corrected chi connectivity index (χ3v) is 4.30. The Morgan fingerprint density at radius 3 is 2.72 bits per heavy atom. The summed E-state index contributed by atoms with van der Waals surface area (Å²) >= 11 is 0. The Balaban J connectivity index is 1.65. The van der Waals surface area contributed by atoms with Gasteiger partial charge in [-0.25, -0.2) is 0 Å². The van der Waals surface area contributed by atoms with Crippen LogP contribution in [0.1, 0.15) is 31.2 Å². The molecule has 3 rings (SSSR count). The van der Waals surface area contributed by atoms with Gasteiger partial charge in [-0.3, -0.25) is 9.58 Å². The van der Waals surface area contributed by atoms with E-state index in [0.29, 0.717) is 24.7 Å². The number of aliphatic hydroxyl groups excluding tert-OH is 1. The van der Waals surface area contributed by atoms with Crippen LogP contribution >= 0.6 is 0 Å². The molecular formula is C13H22N4O. The Hall–Kier alpha value is -0.910. The number of rotatable bonds is 4. The highest BCUT2D eigenvalue weighted by atomic mass is 16.3. The fraction of sp³-hybridized carbons (Fsp3) is 0.769. The molecule has 1 aromatic heterocycles. The van der Waals surface area contributed by atoms with Crippen LogP contribution in [0.15, 0.2) is 12.4 Å². The van der Waals surface area contributed by atoms with E-state index in [1.54, 1.807) is 0 Å². The van der Waals surface area contributed by atoms with Gasteiger partial charge in [0.15, 0.2) is 0 Å². The largest absolute Gasteiger partial charge is 0.394 e. The maximum Gasteiger partial charge on any atom is 0.0640 e. The van der Waals surface area contributed by atoms with E-state index in [0.717, 1.165) is 19.4 Å². The molecule has 3 N–H and O–H groups in total. The number of piperidine rings is 1. The van der Waals surface area contributed by atoms with Crippen molar-refractivity contribution in [3.8, 4) is 0 Å². The molecular weight excluding hydrogens is 228 g/mol. The molecule has 18 heavy (non-hydrogen) atoms. The first-order chi connectivity index (χ1) is 8.76. The van der Waals surface area contributed by atoms with Crippen molar-refractivity contribution < 1.29 is 5.11 Å². The monoisotopic (exact) mass is 250 g/mol. The van der Waals surface area contributed by atoms with Gasteiger partial charge in [0.2, 0.25) is 0 Å². The van der Waals surface area contributed by atoms with Crippen molar-refractivity contribution in [1.82, 2.24) is 14.7 Å². The number of nitrogens with zero attached hydrogens (tertiary/aromatic N) is 3. The molecule has 2 fully saturated rings. The predicted molar refractivity (Wildman–Crippen MR) is 68.9 cm³/mol. The Bertz CT molecular complexity index is 391. The zero-order valence-electron chi connectivity index (χ0n) is 10.7. The highest BCUT2D eigenvalue weighted by molar-refractivity contribution is 5.07. The van der Waals surface area contributed by atoms with Crippen LogP contribution in [-0.2, 0) is 13.1 Å². The summed E-state index contributed by atoms with van der Waals surface area (Å²) in [6, 6.07) is 1.73. The molecule has 5 heteroatoms. The third-order valence-electron chi connectivity index (χ3n) is 4.30. The molecule has 0 aliphatic carbocycles. The van der Waals surface area contributed by atoms with Gasteiger partial charge in [0.25, 0.3) is 0 Å².